The van der Waals surface area contributed by atoms with Crippen LogP contribution in [0, 0.1) is 41.5 Å². The second-order valence-electron chi connectivity index (χ2n) is 28.1. The van der Waals surface area contributed by atoms with Crippen molar-refractivity contribution >= 4 is 67.7 Å². The highest BCUT2D eigenvalue weighted by Crippen LogP contribution is 2.47. The highest BCUT2D eigenvalue weighted by atomic mass is 32.2. The number of carbonyl (C=O) groups excluding carboxylic acids is 5. The number of nitrogens with zero attached hydrogens (tertiary/aromatic N) is 4. The number of likely N-dealkylation sites (tertiary alicyclic amines) is 2. The third-order valence-electron chi connectivity index (χ3n) is 18.6. The van der Waals surface area contributed by atoms with Crippen molar-refractivity contribution in [2.24, 2.45) is 21.5 Å². The molecule has 5 amide bonds. The van der Waals surface area contributed by atoms with Crippen LogP contribution in [0.4, 0.5) is 4.79 Å². The topological polar surface area (TPSA) is 371 Å². The Kier molecular flexibility index (Phi) is 21.4. The van der Waals surface area contributed by atoms with Crippen LogP contribution in [0.1, 0.15) is 155 Å². The van der Waals surface area contributed by atoms with Gasteiger partial charge in [-0.25, -0.2) is 31.1 Å². The predicted molar refractivity (Wildman–Crippen MR) is 364 cm³/mol. The average molecular weight is 1380 g/mol. The molecular weight excluding hydrogens is 1290 g/mol. The molecule has 0 aromatic heterocycles. The Morgan fingerprint density at radius 1 is 0.691 bits per heavy atom. The van der Waals surface area contributed by atoms with Crippen molar-refractivity contribution in [3.63, 3.8) is 0 Å². The number of hydrogen-bond acceptors (Lipinski definition) is 16. The fourth-order valence-corrected chi connectivity index (χ4v) is 17.2. The van der Waals surface area contributed by atoms with Crippen LogP contribution in [0.25, 0.3) is 11.1 Å². The maximum Gasteiger partial charge on any atom is 0.407 e. The Morgan fingerprint density at radius 3 is 1.68 bits per heavy atom. The molecule has 4 aromatic rings. The number of fused-ring (bicyclic) bond motifs is 5. The van der Waals surface area contributed by atoms with Crippen molar-refractivity contribution in [2.75, 3.05) is 39.3 Å². The summed E-state index contributed by atoms with van der Waals surface area (Å²) in [6, 6.07) is 10.3. The molecule has 0 radical (unpaired) electrons. The van der Waals surface area contributed by atoms with E-state index in [0.29, 0.717) is 64.1 Å². The maximum absolute atomic E-state index is 15.3. The molecule has 4 heterocycles. The monoisotopic (exact) mass is 1380 g/mol. The Balaban J connectivity index is 0.976. The molecular formula is C69H93N11O15S2. The number of ether oxygens (including phenoxy) is 4. The first kappa shape index (κ1) is 72.8. The summed E-state index contributed by atoms with van der Waals surface area (Å²) >= 11 is 0. The van der Waals surface area contributed by atoms with E-state index in [0.717, 1.165) is 33.4 Å². The van der Waals surface area contributed by atoms with E-state index in [1.54, 1.807) is 41.5 Å². The Bertz CT molecular complexity index is 4040. The van der Waals surface area contributed by atoms with Gasteiger partial charge in [-0.15, -0.1) is 0 Å². The van der Waals surface area contributed by atoms with E-state index in [1.165, 1.54) is 9.80 Å². The summed E-state index contributed by atoms with van der Waals surface area (Å²) in [5.74, 6) is -4.10. The molecule has 26 nitrogen and oxygen atoms in total. The predicted octanol–water partition coefficient (Wildman–Crippen LogP) is 5.78. The normalized spacial score (nSPS) is 19.4. The van der Waals surface area contributed by atoms with Crippen molar-refractivity contribution in [3.8, 4) is 22.6 Å². The van der Waals surface area contributed by atoms with Gasteiger partial charge < -0.3 is 61.3 Å². The fraction of sp³-hybridized carbons (Fsp3) is 0.536. The summed E-state index contributed by atoms with van der Waals surface area (Å²) in [5.41, 5.74) is 19.6. The summed E-state index contributed by atoms with van der Waals surface area (Å²) < 4.78 is 85.9. The number of carboxylic acids is 1. The first-order valence-electron chi connectivity index (χ1n) is 32.9. The Morgan fingerprint density at radius 2 is 1.19 bits per heavy atom. The quantitative estimate of drug-likeness (QED) is 0.0248. The lowest BCUT2D eigenvalue weighted by Gasteiger charge is -2.33. The number of carboxylic acid groups (broad SMARTS) is 1. The van der Waals surface area contributed by atoms with Crippen LogP contribution >= 0.6 is 0 Å². The van der Waals surface area contributed by atoms with Crippen molar-refractivity contribution < 1.29 is 69.7 Å². The zero-order valence-corrected chi connectivity index (χ0v) is 59.2. The molecule has 2 saturated heterocycles. The van der Waals surface area contributed by atoms with E-state index >= 15 is 9.59 Å². The largest absolute Gasteiger partial charge is 0.487 e. The van der Waals surface area contributed by atoms with E-state index in [-0.39, 0.29) is 87.0 Å². The molecule has 1 aliphatic carbocycles. The molecule has 10 N–H and O–H groups in total. The summed E-state index contributed by atoms with van der Waals surface area (Å²) in [6.45, 7) is 22.4. The number of aliphatic imine (C=N–C) groups is 2. The number of guanidine groups is 2. The van der Waals surface area contributed by atoms with Gasteiger partial charge in [0.05, 0.1) is 21.5 Å². The molecule has 5 aliphatic rings. The highest BCUT2D eigenvalue weighted by molar-refractivity contribution is 7.90. The smallest absolute Gasteiger partial charge is 0.407 e. The number of amides is 5. The number of nitrogens with two attached hydrogens (primary N) is 2. The van der Waals surface area contributed by atoms with Crippen LogP contribution in [-0.2, 0) is 66.3 Å². The third-order valence-corrected chi connectivity index (χ3v) is 21.9. The molecule has 2 fully saturated rings. The molecule has 0 saturated carbocycles. The molecule has 0 bridgehead atoms. The summed E-state index contributed by atoms with van der Waals surface area (Å²) in [6.07, 6.45) is -0.383. The molecule has 0 unspecified atom stereocenters. The van der Waals surface area contributed by atoms with E-state index in [9.17, 15) is 41.1 Å². The van der Waals surface area contributed by atoms with Crippen LogP contribution in [0.2, 0.25) is 0 Å². The molecule has 28 heteroatoms. The lowest BCUT2D eigenvalue weighted by Crippen LogP contribution is -2.58. The van der Waals surface area contributed by atoms with Gasteiger partial charge in [-0.3, -0.25) is 34.0 Å². The number of nitrogens with one attached hydrogen (secondary N) is 5. The van der Waals surface area contributed by atoms with Crippen molar-refractivity contribution in [2.45, 2.75) is 211 Å². The highest BCUT2D eigenvalue weighted by Gasteiger charge is 2.48. The van der Waals surface area contributed by atoms with E-state index in [1.807, 2.05) is 97.0 Å². The summed E-state index contributed by atoms with van der Waals surface area (Å²) in [5, 5.41) is 17.3. The maximum atomic E-state index is 15.3. The van der Waals surface area contributed by atoms with Gasteiger partial charge in [0.15, 0.2) is 0 Å². The van der Waals surface area contributed by atoms with Gasteiger partial charge >= 0.3 is 12.1 Å². The van der Waals surface area contributed by atoms with E-state index in [2.05, 4.69) is 35.4 Å². The second-order valence-corrected chi connectivity index (χ2v) is 31.3. The van der Waals surface area contributed by atoms with Crippen LogP contribution in [-0.4, -0.2) is 166 Å². The summed E-state index contributed by atoms with van der Waals surface area (Å²) in [4.78, 5) is 96.1. The molecule has 4 aromatic carbocycles. The van der Waals surface area contributed by atoms with Crippen molar-refractivity contribution in [1.82, 2.24) is 35.2 Å². The molecule has 5 atom stereocenters. The lowest BCUT2D eigenvalue weighted by atomic mass is 9.94. The Labute approximate surface area is 567 Å². The van der Waals surface area contributed by atoms with Gasteiger partial charge in [-0.2, -0.15) is 0 Å². The van der Waals surface area contributed by atoms with Gasteiger partial charge in [0.25, 0.3) is 20.0 Å². The second kappa shape index (κ2) is 28.5. The van der Waals surface area contributed by atoms with Gasteiger partial charge in [-0.05, 0) is 184 Å². The number of alkyl carbamates (subject to hydrolysis) is 1. The third kappa shape index (κ3) is 16.2. The first-order chi connectivity index (χ1) is 45.4. The standard InChI is InChI=1S/C69H93N11O15S2/c1-37-39(3)58(41(5)48-32-68(10,11)94-56(37)48)96(88,89)77-64(70)72-28-18-25-51(76-66(87)92-36-50-46-23-16-14-21-44(46)45-22-15-17-24-47(45)50)60(83)75-52(26-19-29-73-65(71)78-97(90,91)59-40(4)38(2)57-49(42(59)6)33-69(12,13)95-57)62(85)79-30-20-27-53(79)63(86)80-35-43(93-67(7,8)9)31-54(80)61(84)74-34-55(81)82/h14-17,21-24,43,50-54H,18-20,25-36H2,1-13H3,(H,74,84)(H,75,83)(H,76,87)(H,81,82)(H3,70,72,77)(H3,71,73,78)/t43-,51-,52+,53+,54+/m1/s1. The SMILES string of the molecule is Cc1c(C)c(S(=O)(=O)NC(N)=NCCC[C@H](NC(=O)[C@@H](CCCN=C(N)NS(=O)(=O)c2c(C)c(C)c3c(c2C)CC(C)(C)O3)NC(=O)OCC2c3ccccc3-c3ccccc32)C(=O)N2CCC[C@H]2C(=O)N2C[C@H](OC(C)(C)C)C[C@H]2C(=O)NCC(=O)O)c(C)c2c1OC(C)(C)C2. The minimum Gasteiger partial charge on any atom is -0.487 e. The van der Waals surface area contributed by atoms with E-state index in [4.69, 9.17) is 30.4 Å². The minimum atomic E-state index is -4.31. The molecule has 526 valence electrons. The lowest BCUT2D eigenvalue weighted by molar-refractivity contribution is -0.148. The number of sulfonamides is 2. The Hall–Kier alpha value is -8.50. The van der Waals surface area contributed by atoms with Crippen LogP contribution < -0.4 is 46.3 Å². The molecule has 9 rings (SSSR count). The zero-order chi connectivity index (χ0) is 71.0. The number of benzene rings is 4. The molecule has 0 spiro atoms. The van der Waals surface area contributed by atoms with Crippen LogP contribution in [0.3, 0.4) is 0 Å². The first-order valence-corrected chi connectivity index (χ1v) is 35.8. The number of aliphatic carboxylic acids is 1. The van der Waals surface area contributed by atoms with Crippen molar-refractivity contribution in [1.29, 1.82) is 0 Å². The number of hydrogen-bond donors (Lipinski definition) is 8. The minimum absolute atomic E-state index is 0.00196. The average Bonchev–Trinajstić information content (AvgIpc) is 1.69. The fourth-order valence-electron chi connectivity index (χ4n) is 14.1. The van der Waals surface area contributed by atoms with Gasteiger partial charge in [-0.1, -0.05) is 48.5 Å². The molecule has 4 aliphatic heterocycles. The number of carbonyl (C=O) groups is 6. The van der Waals surface area contributed by atoms with Gasteiger partial charge in [0, 0.05) is 62.5 Å². The van der Waals surface area contributed by atoms with E-state index < -0.39 is 121 Å². The van der Waals surface area contributed by atoms with Crippen molar-refractivity contribution in [3.05, 3.63) is 104 Å². The number of rotatable bonds is 23. The van der Waals surface area contributed by atoms with Gasteiger partial charge in [0.2, 0.25) is 35.5 Å². The van der Waals surface area contributed by atoms with Crippen LogP contribution in [0.5, 0.6) is 11.5 Å². The zero-order valence-electron chi connectivity index (χ0n) is 57.6. The summed E-state index contributed by atoms with van der Waals surface area (Å²) in [7, 11) is -8.61. The van der Waals surface area contributed by atoms with Crippen LogP contribution in [0.15, 0.2) is 68.3 Å². The van der Waals surface area contributed by atoms with Gasteiger partial charge in [0.1, 0.15) is 60.0 Å². The molecule has 97 heavy (non-hydrogen) atoms.